The molecule has 1 aliphatic heterocycles. The summed E-state index contributed by atoms with van der Waals surface area (Å²) in [6.07, 6.45) is 7.52. The van der Waals surface area contributed by atoms with Gasteiger partial charge in [-0.25, -0.2) is 0 Å². The van der Waals surface area contributed by atoms with Crippen LogP contribution in [0.1, 0.15) is 31.0 Å². The Morgan fingerprint density at radius 3 is 2.55 bits per heavy atom. The third-order valence-corrected chi connectivity index (χ3v) is 4.04. The predicted molar refractivity (Wildman–Crippen MR) is 82.0 cm³/mol. The molecule has 1 atom stereocenters. The molecule has 3 nitrogen and oxygen atoms in total. The summed E-state index contributed by atoms with van der Waals surface area (Å²) in [6, 6.07) is 12.5. The van der Waals surface area contributed by atoms with Crippen molar-refractivity contribution in [2.45, 2.75) is 25.4 Å². The normalized spacial score (nSPS) is 17.9. The van der Waals surface area contributed by atoms with Crippen LogP contribution in [0.5, 0.6) is 0 Å². The molecule has 0 bridgehead atoms. The van der Waals surface area contributed by atoms with E-state index in [1.165, 1.54) is 30.4 Å². The van der Waals surface area contributed by atoms with Crippen molar-refractivity contribution < 1.29 is 0 Å². The number of likely N-dealkylation sites (tertiary alicyclic amines) is 1. The maximum atomic E-state index is 6.51. The van der Waals surface area contributed by atoms with E-state index in [-0.39, 0.29) is 6.17 Å². The van der Waals surface area contributed by atoms with Crippen molar-refractivity contribution in [3.05, 3.63) is 54.4 Å². The molecular formula is C17H21N3. The minimum atomic E-state index is -0.0216. The first kappa shape index (κ1) is 13.3. The molecule has 0 amide bonds. The van der Waals surface area contributed by atoms with Crippen molar-refractivity contribution in [1.82, 2.24) is 9.88 Å². The Morgan fingerprint density at radius 2 is 1.80 bits per heavy atom. The highest BCUT2D eigenvalue weighted by Gasteiger charge is 2.20. The maximum Gasteiger partial charge on any atom is 0.0841 e. The van der Waals surface area contributed by atoms with Crippen LogP contribution < -0.4 is 5.73 Å². The molecule has 1 saturated heterocycles. The summed E-state index contributed by atoms with van der Waals surface area (Å²) in [4.78, 5) is 6.61. The van der Waals surface area contributed by atoms with Crippen LogP contribution in [0.25, 0.3) is 11.1 Å². The predicted octanol–water partition coefficient (Wildman–Crippen LogP) is 3.19. The highest BCUT2D eigenvalue weighted by Crippen LogP contribution is 2.29. The molecule has 1 fully saturated rings. The SMILES string of the molecule is NC(c1ccccc1-c1cccnc1)N1CCCCC1. The van der Waals surface area contributed by atoms with Gasteiger partial charge in [-0.3, -0.25) is 9.88 Å². The average Bonchev–Trinajstić information content (AvgIpc) is 2.56. The number of pyridine rings is 1. The zero-order valence-electron chi connectivity index (χ0n) is 11.7. The second kappa shape index (κ2) is 6.16. The first-order chi connectivity index (χ1) is 9.86. The van der Waals surface area contributed by atoms with Crippen LogP contribution in [0, 0.1) is 0 Å². The van der Waals surface area contributed by atoms with Gasteiger partial charge in [-0.15, -0.1) is 0 Å². The molecule has 1 aromatic heterocycles. The van der Waals surface area contributed by atoms with Gasteiger partial charge in [0.25, 0.3) is 0 Å². The lowest BCUT2D eigenvalue weighted by Crippen LogP contribution is -2.38. The molecule has 0 aliphatic carbocycles. The molecule has 2 heterocycles. The topological polar surface area (TPSA) is 42.1 Å². The van der Waals surface area contributed by atoms with Gasteiger partial charge in [-0.05, 0) is 43.1 Å². The summed E-state index contributed by atoms with van der Waals surface area (Å²) in [5.74, 6) is 0. The number of benzene rings is 1. The Balaban J connectivity index is 1.93. The summed E-state index contributed by atoms with van der Waals surface area (Å²) >= 11 is 0. The van der Waals surface area contributed by atoms with Crippen LogP contribution in [0.3, 0.4) is 0 Å². The molecule has 1 aliphatic rings. The summed E-state index contributed by atoms with van der Waals surface area (Å²) in [5, 5.41) is 0. The fourth-order valence-corrected chi connectivity index (χ4v) is 2.93. The number of hydrogen-bond donors (Lipinski definition) is 1. The van der Waals surface area contributed by atoms with Gasteiger partial charge in [0.05, 0.1) is 6.17 Å². The number of aromatic nitrogens is 1. The molecule has 1 aromatic carbocycles. The highest BCUT2D eigenvalue weighted by atomic mass is 15.2. The Bertz CT molecular complexity index is 547. The average molecular weight is 267 g/mol. The molecule has 3 rings (SSSR count). The largest absolute Gasteiger partial charge is 0.312 e. The van der Waals surface area contributed by atoms with Gasteiger partial charge in [0, 0.05) is 18.0 Å². The minimum Gasteiger partial charge on any atom is -0.312 e. The monoisotopic (exact) mass is 267 g/mol. The number of nitrogens with zero attached hydrogens (tertiary/aromatic N) is 2. The Labute approximate surface area is 120 Å². The molecule has 0 saturated carbocycles. The molecule has 1 unspecified atom stereocenters. The van der Waals surface area contributed by atoms with Crippen molar-refractivity contribution in [3.8, 4) is 11.1 Å². The standard InChI is InChI=1S/C17H21N3/c18-17(20-11-4-1-5-12-20)16-9-3-2-8-15(16)14-7-6-10-19-13-14/h2-3,6-10,13,17H,1,4-5,11-12,18H2. The van der Waals surface area contributed by atoms with Crippen molar-refractivity contribution in [1.29, 1.82) is 0 Å². The molecule has 0 spiro atoms. The van der Waals surface area contributed by atoms with E-state index in [1.807, 2.05) is 12.3 Å². The van der Waals surface area contributed by atoms with Crippen LogP contribution >= 0.6 is 0 Å². The second-order valence-corrected chi connectivity index (χ2v) is 5.37. The van der Waals surface area contributed by atoms with E-state index in [2.05, 4.69) is 40.2 Å². The first-order valence-electron chi connectivity index (χ1n) is 7.35. The lowest BCUT2D eigenvalue weighted by atomic mass is 9.98. The molecule has 0 radical (unpaired) electrons. The van der Waals surface area contributed by atoms with Gasteiger partial charge in [0.1, 0.15) is 0 Å². The number of piperidine rings is 1. The number of rotatable bonds is 3. The first-order valence-corrected chi connectivity index (χ1v) is 7.35. The second-order valence-electron chi connectivity index (χ2n) is 5.37. The van der Waals surface area contributed by atoms with Crippen LogP contribution in [0.4, 0.5) is 0 Å². The highest BCUT2D eigenvalue weighted by molar-refractivity contribution is 5.66. The summed E-state index contributed by atoms with van der Waals surface area (Å²) in [6.45, 7) is 2.20. The molecule has 2 N–H and O–H groups in total. The third-order valence-electron chi connectivity index (χ3n) is 4.04. The number of nitrogens with two attached hydrogens (primary N) is 1. The van der Waals surface area contributed by atoms with Crippen molar-refractivity contribution in [3.63, 3.8) is 0 Å². The van der Waals surface area contributed by atoms with E-state index in [0.717, 1.165) is 18.7 Å². The summed E-state index contributed by atoms with van der Waals surface area (Å²) in [7, 11) is 0. The van der Waals surface area contributed by atoms with Gasteiger partial charge in [0.2, 0.25) is 0 Å². The zero-order valence-corrected chi connectivity index (χ0v) is 11.7. The lowest BCUT2D eigenvalue weighted by Gasteiger charge is -2.33. The summed E-state index contributed by atoms with van der Waals surface area (Å²) in [5.41, 5.74) is 10.0. The van der Waals surface area contributed by atoms with E-state index >= 15 is 0 Å². The molecule has 104 valence electrons. The van der Waals surface area contributed by atoms with E-state index < -0.39 is 0 Å². The van der Waals surface area contributed by atoms with Gasteiger partial charge >= 0.3 is 0 Å². The van der Waals surface area contributed by atoms with Gasteiger partial charge in [-0.1, -0.05) is 36.8 Å². The van der Waals surface area contributed by atoms with Gasteiger partial charge in [0.15, 0.2) is 0 Å². The fourth-order valence-electron chi connectivity index (χ4n) is 2.93. The molecule has 3 heteroatoms. The Kier molecular flexibility index (Phi) is 4.09. The molecule has 2 aromatic rings. The lowest BCUT2D eigenvalue weighted by molar-refractivity contribution is 0.167. The summed E-state index contributed by atoms with van der Waals surface area (Å²) < 4.78 is 0. The van der Waals surface area contributed by atoms with Crippen molar-refractivity contribution in [2.75, 3.05) is 13.1 Å². The van der Waals surface area contributed by atoms with E-state index in [4.69, 9.17) is 5.73 Å². The van der Waals surface area contributed by atoms with Crippen molar-refractivity contribution in [2.24, 2.45) is 5.73 Å². The van der Waals surface area contributed by atoms with Crippen LogP contribution in [0.2, 0.25) is 0 Å². The minimum absolute atomic E-state index is 0.0216. The van der Waals surface area contributed by atoms with Gasteiger partial charge < -0.3 is 5.73 Å². The Hall–Kier alpha value is -1.71. The Morgan fingerprint density at radius 1 is 1.00 bits per heavy atom. The van der Waals surface area contributed by atoms with Crippen LogP contribution in [0.15, 0.2) is 48.8 Å². The van der Waals surface area contributed by atoms with Crippen LogP contribution in [-0.2, 0) is 0 Å². The maximum absolute atomic E-state index is 6.51. The van der Waals surface area contributed by atoms with Crippen LogP contribution in [-0.4, -0.2) is 23.0 Å². The number of hydrogen-bond acceptors (Lipinski definition) is 3. The van der Waals surface area contributed by atoms with Crippen molar-refractivity contribution >= 4 is 0 Å². The van der Waals surface area contributed by atoms with E-state index in [0.29, 0.717) is 0 Å². The third kappa shape index (κ3) is 2.74. The smallest absolute Gasteiger partial charge is 0.0841 e. The molecule has 20 heavy (non-hydrogen) atoms. The van der Waals surface area contributed by atoms with E-state index in [1.54, 1.807) is 6.20 Å². The van der Waals surface area contributed by atoms with Gasteiger partial charge in [-0.2, -0.15) is 0 Å². The molecular weight excluding hydrogens is 246 g/mol. The zero-order chi connectivity index (χ0) is 13.8. The van der Waals surface area contributed by atoms with E-state index in [9.17, 15) is 0 Å². The fraction of sp³-hybridized carbons (Fsp3) is 0.353. The quantitative estimate of drug-likeness (QED) is 0.928.